The van der Waals surface area contributed by atoms with Gasteiger partial charge >= 0.3 is 0 Å². The molecular weight excluding hydrogens is 217 g/mol. The van der Waals surface area contributed by atoms with Crippen LogP contribution in [0.25, 0.3) is 0 Å². The number of hydrogen-bond acceptors (Lipinski definition) is 2. The summed E-state index contributed by atoms with van der Waals surface area (Å²) in [5.41, 5.74) is 0.685. The lowest BCUT2D eigenvalue weighted by Gasteiger charge is -2.24. The first-order valence-electron chi connectivity index (χ1n) is 5.00. The lowest BCUT2D eigenvalue weighted by atomic mass is 9.97. The number of halogens is 2. The van der Waals surface area contributed by atoms with E-state index in [1.807, 2.05) is 0 Å². The molecule has 0 amide bonds. The van der Waals surface area contributed by atoms with Crippen molar-refractivity contribution in [3.8, 4) is 5.75 Å². The number of piperidine rings is 1. The van der Waals surface area contributed by atoms with E-state index in [4.69, 9.17) is 0 Å². The van der Waals surface area contributed by atoms with E-state index in [0.29, 0.717) is 5.56 Å². The summed E-state index contributed by atoms with van der Waals surface area (Å²) >= 11 is 0. The van der Waals surface area contributed by atoms with Crippen LogP contribution >= 0.6 is 12.4 Å². The summed E-state index contributed by atoms with van der Waals surface area (Å²) in [6.07, 6.45) is 3.26. The molecule has 0 spiro atoms. The highest BCUT2D eigenvalue weighted by molar-refractivity contribution is 5.85. The van der Waals surface area contributed by atoms with Gasteiger partial charge in [0.2, 0.25) is 0 Å². The normalized spacial score (nSPS) is 20.7. The molecule has 2 nitrogen and oxygen atoms in total. The number of benzene rings is 1. The first kappa shape index (κ1) is 12.3. The summed E-state index contributed by atoms with van der Waals surface area (Å²) in [4.78, 5) is 0. The molecule has 1 aliphatic rings. The van der Waals surface area contributed by atoms with E-state index >= 15 is 0 Å². The molecule has 84 valence electrons. The van der Waals surface area contributed by atoms with Crippen LogP contribution in [0.5, 0.6) is 5.75 Å². The molecule has 2 rings (SSSR count). The van der Waals surface area contributed by atoms with Crippen molar-refractivity contribution in [3.63, 3.8) is 0 Å². The molecule has 1 aliphatic heterocycles. The van der Waals surface area contributed by atoms with E-state index in [-0.39, 0.29) is 24.2 Å². The van der Waals surface area contributed by atoms with Gasteiger partial charge < -0.3 is 10.4 Å². The lowest BCUT2D eigenvalue weighted by Crippen LogP contribution is -2.26. The third-order valence-corrected chi connectivity index (χ3v) is 2.70. The minimum atomic E-state index is -0.533. The fourth-order valence-electron chi connectivity index (χ4n) is 1.93. The number of aromatic hydroxyl groups is 1. The van der Waals surface area contributed by atoms with Crippen LogP contribution in [0, 0.1) is 5.82 Å². The number of para-hydroxylation sites is 1. The molecule has 0 saturated carbocycles. The van der Waals surface area contributed by atoms with Crippen LogP contribution in [0.4, 0.5) is 4.39 Å². The molecule has 0 unspecified atom stereocenters. The highest BCUT2D eigenvalue weighted by atomic mass is 35.5. The molecule has 0 bridgehead atoms. The van der Waals surface area contributed by atoms with Crippen LogP contribution in [0.2, 0.25) is 0 Å². The predicted molar refractivity (Wildman–Crippen MR) is 59.9 cm³/mol. The SMILES string of the molecule is Cl.Oc1c(F)cccc1[C@H]1CCCCN1. The standard InChI is InChI=1S/C11H14FNO.ClH/c12-9-5-3-4-8(11(9)14)10-6-1-2-7-13-10;/h3-5,10,13-14H,1-2,6-7H2;1H/t10-;/m1./s1. The minimum absolute atomic E-state index is 0. The minimum Gasteiger partial charge on any atom is -0.505 e. The molecule has 0 radical (unpaired) electrons. The van der Waals surface area contributed by atoms with Crippen molar-refractivity contribution >= 4 is 12.4 Å². The average molecular weight is 232 g/mol. The third-order valence-electron chi connectivity index (χ3n) is 2.70. The van der Waals surface area contributed by atoms with Gasteiger partial charge in [0.1, 0.15) is 0 Å². The first-order chi connectivity index (χ1) is 6.79. The first-order valence-corrected chi connectivity index (χ1v) is 5.00. The zero-order valence-corrected chi connectivity index (χ0v) is 9.19. The number of rotatable bonds is 1. The van der Waals surface area contributed by atoms with Gasteiger partial charge in [-0.3, -0.25) is 0 Å². The van der Waals surface area contributed by atoms with Crippen molar-refractivity contribution < 1.29 is 9.50 Å². The van der Waals surface area contributed by atoms with Gasteiger partial charge in [0.25, 0.3) is 0 Å². The number of nitrogens with one attached hydrogen (secondary N) is 1. The van der Waals surface area contributed by atoms with Gasteiger partial charge in [0.05, 0.1) is 0 Å². The zero-order chi connectivity index (χ0) is 9.97. The Balaban J connectivity index is 0.00000112. The topological polar surface area (TPSA) is 32.3 Å². The monoisotopic (exact) mass is 231 g/mol. The molecule has 1 fully saturated rings. The Morgan fingerprint density at radius 1 is 1.33 bits per heavy atom. The van der Waals surface area contributed by atoms with Gasteiger partial charge in [0.15, 0.2) is 11.6 Å². The van der Waals surface area contributed by atoms with Crippen molar-refractivity contribution in [2.24, 2.45) is 0 Å². The summed E-state index contributed by atoms with van der Waals surface area (Å²) < 4.78 is 13.1. The maximum atomic E-state index is 13.1. The summed E-state index contributed by atoms with van der Waals surface area (Å²) in [5, 5.41) is 12.8. The lowest BCUT2D eigenvalue weighted by molar-refractivity contribution is 0.377. The predicted octanol–water partition coefficient (Wildman–Crippen LogP) is 2.77. The van der Waals surface area contributed by atoms with Gasteiger partial charge in [-0.15, -0.1) is 12.4 Å². The zero-order valence-electron chi connectivity index (χ0n) is 8.37. The Bertz CT molecular complexity index is 326. The fourth-order valence-corrected chi connectivity index (χ4v) is 1.93. The van der Waals surface area contributed by atoms with E-state index in [1.165, 1.54) is 6.07 Å². The van der Waals surface area contributed by atoms with E-state index in [0.717, 1.165) is 25.8 Å². The summed E-state index contributed by atoms with van der Waals surface area (Å²) in [7, 11) is 0. The van der Waals surface area contributed by atoms with E-state index in [2.05, 4.69) is 5.32 Å². The van der Waals surface area contributed by atoms with Crippen LogP contribution in [0.1, 0.15) is 30.9 Å². The summed E-state index contributed by atoms with van der Waals surface area (Å²) in [5.74, 6) is -0.734. The van der Waals surface area contributed by atoms with Crippen molar-refractivity contribution in [2.45, 2.75) is 25.3 Å². The summed E-state index contributed by atoms with van der Waals surface area (Å²) in [6, 6.07) is 4.81. The summed E-state index contributed by atoms with van der Waals surface area (Å²) in [6.45, 7) is 0.945. The third kappa shape index (κ3) is 2.61. The van der Waals surface area contributed by atoms with Gasteiger partial charge in [0, 0.05) is 11.6 Å². The Kier molecular flexibility index (Phi) is 4.36. The quantitative estimate of drug-likeness (QED) is 0.779. The van der Waals surface area contributed by atoms with Crippen LogP contribution in [0.3, 0.4) is 0 Å². The molecule has 15 heavy (non-hydrogen) atoms. The largest absolute Gasteiger partial charge is 0.505 e. The van der Waals surface area contributed by atoms with Crippen LogP contribution in [-0.4, -0.2) is 11.7 Å². The Labute approximate surface area is 94.9 Å². The van der Waals surface area contributed by atoms with Gasteiger partial charge in [-0.2, -0.15) is 0 Å². The van der Waals surface area contributed by atoms with Gasteiger partial charge in [-0.05, 0) is 25.5 Å². The molecule has 1 saturated heterocycles. The van der Waals surface area contributed by atoms with Gasteiger partial charge in [-0.1, -0.05) is 18.6 Å². The molecule has 1 aromatic rings. The van der Waals surface area contributed by atoms with E-state index < -0.39 is 5.82 Å². The van der Waals surface area contributed by atoms with Crippen LogP contribution in [0.15, 0.2) is 18.2 Å². The number of phenolic OH excluding ortho intramolecular Hbond substituents is 1. The Morgan fingerprint density at radius 2 is 2.13 bits per heavy atom. The van der Waals surface area contributed by atoms with Crippen molar-refractivity contribution in [2.75, 3.05) is 6.54 Å². The van der Waals surface area contributed by atoms with Crippen molar-refractivity contribution in [1.82, 2.24) is 5.32 Å². The van der Waals surface area contributed by atoms with Gasteiger partial charge in [-0.25, -0.2) is 4.39 Å². The van der Waals surface area contributed by atoms with Crippen molar-refractivity contribution in [3.05, 3.63) is 29.6 Å². The van der Waals surface area contributed by atoms with E-state index in [9.17, 15) is 9.50 Å². The molecule has 0 aromatic heterocycles. The maximum Gasteiger partial charge on any atom is 0.165 e. The molecule has 1 heterocycles. The van der Waals surface area contributed by atoms with Crippen molar-refractivity contribution in [1.29, 1.82) is 0 Å². The Morgan fingerprint density at radius 3 is 2.80 bits per heavy atom. The smallest absolute Gasteiger partial charge is 0.165 e. The molecule has 0 aliphatic carbocycles. The molecule has 4 heteroatoms. The molecule has 2 N–H and O–H groups in total. The second-order valence-corrected chi connectivity index (χ2v) is 3.68. The van der Waals surface area contributed by atoms with E-state index in [1.54, 1.807) is 12.1 Å². The maximum absolute atomic E-state index is 13.1. The fraction of sp³-hybridized carbons (Fsp3) is 0.455. The Hall–Kier alpha value is -0.800. The van der Waals surface area contributed by atoms with Crippen LogP contribution < -0.4 is 5.32 Å². The molecular formula is C11H15ClFNO. The number of phenols is 1. The van der Waals surface area contributed by atoms with Crippen LogP contribution in [-0.2, 0) is 0 Å². The highest BCUT2D eigenvalue weighted by Gasteiger charge is 2.19. The number of hydrogen-bond donors (Lipinski definition) is 2. The molecule has 1 atom stereocenters. The highest BCUT2D eigenvalue weighted by Crippen LogP contribution is 2.31. The second kappa shape index (κ2) is 5.33. The second-order valence-electron chi connectivity index (χ2n) is 3.68. The average Bonchev–Trinajstić information content (AvgIpc) is 2.23. The molecule has 1 aromatic carbocycles.